The largest absolute Gasteiger partial charge is 0.480 e. The first-order valence-corrected chi connectivity index (χ1v) is 5.26. The van der Waals surface area contributed by atoms with Crippen LogP contribution in [0, 0.1) is 6.92 Å². The summed E-state index contributed by atoms with van der Waals surface area (Å²) in [6.07, 6.45) is 0.662. The molecule has 1 aliphatic rings. The van der Waals surface area contributed by atoms with Crippen LogP contribution in [0.4, 0.5) is 0 Å². The van der Waals surface area contributed by atoms with E-state index >= 15 is 0 Å². The molecule has 92 valence electrons. The average molecular weight is 239 g/mol. The van der Waals surface area contributed by atoms with Crippen LogP contribution in [0.25, 0.3) is 0 Å². The molecule has 17 heavy (non-hydrogen) atoms. The summed E-state index contributed by atoms with van der Waals surface area (Å²) in [5, 5.41) is 18.4. The van der Waals surface area contributed by atoms with E-state index in [0.29, 0.717) is 11.3 Å². The lowest BCUT2D eigenvalue weighted by Crippen LogP contribution is -2.40. The Morgan fingerprint density at radius 2 is 2.24 bits per heavy atom. The molecular formula is C11H13NO5. The molecule has 1 aromatic rings. The second-order valence-corrected chi connectivity index (χ2v) is 4.09. The highest BCUT2D eigenvalue weighted by molar-refractivity contribution is 5.97. The maximum absolute atomic E-state index is 12.1. The summed E-state index contributed by atoms with van der Waals surface area (Å²) in [6, 6.07) is 0.535. The number of aryl methyl sites for hydroxylation is 1. The SMILES string of the molecule is Cc1occc1C(=O)N1C[C@@H](O)C[C@H]1C(=O)O. The number of carbonyl (C=O) groups is 2. The molecule has 0 saturated carbocycles. The highest BCUT2D eigenvalue weighted by Gasteiger charge is 2.39. The number of amides is 1. The van der Waals surface area contributed by atoms with Crippen molar-refractivity contribution in [3.05, 3.63) is 23.7 Å². The molecule has 0 unspecified atom stereocenters. The van der Waals surface area contributed by atoms with Crippen molar-refractivity contribution in [3.63, 3.8) is 0 Å². The van der Waals surface area contributed by atoms with Gasteiger partial charge in [0.1, 0.15) is 11.8 Å². The fourth-order valence-electron chi connectivity index (χ4n) is 2.03. The van der Waals surface area contributed by atoms with Gasteiger partial charge in [0.15, 0.2) is 0 Å². The molecule has 2 atom stereocenters. The second kappa shape index (κ2) is 4.21. The minimum absolute atomic E-state index is 0.0421. The predicted octanol–water partition coefficient (Wildman–Crippen LogP) is 0.248. The Morgan fingerprint density at radius 3 is 2.76 bits per heavy atom. The molecule has 1 aliphatic heterocycles. The Kier molecular flexibility index (Phi) is 2.89. The van der Waals surface area contributed by atoms with Gasteiger partial charge in [0.05, 0.1) is 17.9 Å². The molecule has 0 aromatic carbocycles. The number of hydrogen-bond donors (Lipinski definition) is 2. The zero-order valence-electron chi connectivity index (χ0n) is 9.29. The van der Waals surface area contributed by atoms with Gasteiger partial charge in [0.25, 0.3) is 5.91 Å². The number of rotatable bonds is 2. The summed E-state index contributed by atoms with van der Waals surface area (Å²) in [7, 11) is 0. The van der Waals surface area contributed by atoms with Crippen LogP contribution in [-0.4, -0.2) is 45.7 Å². The topological polar surface area (TPSA) is 91.0 Å². The van der Waals surface area contributed by atoms with Gasteiger partial charge in [-0.25, -0.2) is 4.79 Å². The third kappa shape index (κ3) is 2.03. The van der Waals surface area contributed by atoms with Crippen molar-refractivity contribution >= 4 is 11.9 Å². The fraction of sp³-hybridized carbons (Fsp3) is 0.455. The van der Waals surface area contributed by atoms with Gasteiger partial charge < -0.3 is 19.5 Å². The van der Waals surface area contributed by atoms with E-state index in [1.807, 2.05) is 0 Å². The van der Waals surface area contributed by atoms with Crippen LogP contribution in [0.5, 0.6) is 0 Å². The van der Waals surface area contributed by atoms with Crippen molar-refractivity contribution < 1.29 is 24.2 Å². The van der Waals surface area contributed by atoms with E-state index in [1.165, 1.54) is 17.2 Å². The van der Waals surface area contributed by atoms with Crippen molar-refractivity contribution in [2.24, 2.45) is 0 Å². The Morgan fingerprint density at radius 1 is 1.53 bits per heavy atom. The molecule has 0 aliphatic carbocycles. The number of nitrogens with zero attached hydrogens (tertiary/aromatic N) is 1. The van der Waals surface area contributed by atoms with Gasteiger partial charge in [0.2, 0.25) is 0 Å². The monoisotopic (exact) mass is 239 g/mol. The second-order valence-electron chi connectivity index (χ2n) is 4.09. The van der Waals surface area contributed by atoms with E-state index < -0.39 is 24.0 Å². The molecule has 6 nitrogen and oxygen atoms in total. The molecule has 1 aromatic heterocycles. The van der Waals surface area contributed by atoms with Gasteiger partial charge in [0, 0.05) is 13.0 Å². The quantitative estimate of drug-likeness (QED) is 0.771. The first-order valence-electron chi connectivity index (χ1n) is 5.26. The van der Waals surface area contributed by atoms with Crippen LogP contribution in [0.15, 0.2) is 16.7 Å². The summed E-state index contributed by atoms with van der Waals surface area (Å²) in [6.45, 7) is 1.68. The van der Waals surface area contributed by atoms with Gasteiger partial charge in [-0.1, -0.05) is 0 Å². The Labute approximate surface area is 97.4 Å². The lowest BCUT2D eigenvalue weighted by atomic mass is 10.2. The fourth-order valence-corrected chi connectivity index (χ4v) is 2.03. The smallest absolute Gasteiger partial charge is 0.326 e. The maximum Gasteiger partial charge on any atom is 0.326 e. The summed E-state index contributed by atoms with van der Waals surface area (Å²) < 4.78 is 5.01. The molecule has 1 saturated heterocycles. The molecule has 1 amide bonds. The Balaban J connectivity index is 2.25. The minimum atomic E-state index is -1.10. The van der Waals surface area contributed by atoms with E-state index in [0.717, 1.165) is 0 Å². The highest BCUT2D eigenvalue weighted by Crippen LogP contribution is 2.22. The van der Waals surface area contributed by atoms with E-state index in [-0.39, 0.29) is 13.0 Å². The average Bonchev–Trinajstić information content (AvgIpc) is 2.83. The molecule has 0 bridgehead atoms. The maximum atomic E-state index is 12.1. The number of carboxylic acid groups (broad SMARTS) is 1. The number of hydrogen-bond acceptors (Lipinski definition) is 4. The van der Waals surface area contributed by atoms with Gasteiger partial charge in [-0.3, -0.25) is 4.79 Å². The van der Waals surface area contributed by atoms with E-state index in [9.17, 15) is 14.7 Å². The zero-order chi connectivity index (χ0) is 12.6. The third-order valence-electron chi connectivity index (χ3n) is 2.91. The normalized spacial score (nSPS) is 24.0. The number of aliphatic hydroxyl groups excluding tert-OH is 1. The van der Waals surface area contributed by atoms with Crippen LogP contribution in [0.2, 0.25) is 0 Å². The molecular weight excluding hydrogens is 226 g/mol. The number of β-amino-alcohol motifs (C(OH)–C–C–N with tert-alkyl or cyclic N) is 1. The van der Waals surface area contributed by atoms with Crippen molar-refractivity contribution in [2.45, 2.75) is 25.5 Å². The Hall–Kier alpha value is -1.82. The number of carbonyl (C=O) groups excluding carboxylic acids is 1. The molecule has 6 heteroatoms. The van der Waals surface area contributed by atoms with Gasteiger partial charge >= 0.3 is 5.97 Å². The lowest BCUT2D eigenvalue weighted by molar-refractivity contribution is -0.141. The predicted molar refractivity (Wildman–Crippen MR) is 56.5 cm³/mol. The number of furan rings is 1. The van der Waals surface area contributed by atoms with Gasteiger partial charge in [-0.2, -0.15) is 0 Å². The van der Waals surface area contributed by atoms with Crippen LogP contribution in [0.1, 0.15) is 22.5 Å². The molecule has 0 spiro atoms. The van der Waals surface area contributed by atoms with Crippen LogP contribution in [0.3, 0.4) is 0 Å². The van der Waals surface area contributed by atoms with Crippen molar-refractivity contribution in [1.82, 2.24) is 4.90 Å². The summed E-state index contributed by atoms with van der Waals surface area (Å²) in [5.74, 6) is -1.07. The molecule has 2 N–H and O–H groups in total. The van der Waals surface area contributed by atoms with E-state index in [2.05, 4.69) is 0 Å². The summed E-state index contributed by atoms with van der Waals surface area (Å²) in [4.78, 5) is 24.2. The molecule has 2 heterocycles. The first kappa shape index (κ1) is 11.7. The third-order valence-corrected chi connectivity index (χ3v) is 2.91. The molecule has 1 fully saturated rings. The molecule has 0 radical (unpaired) electrons. The van der Waals surface area contributed by atoms with Gasteiger partial charge in [-0.15, -0.1) is 0 Å². The lowest BCUT2D eigenvalue weighted by Gasteiger charge is -2.20. The van der Waals surface area contributed by atoms with Gasteiger partial charge in [-0.05, 0) is 13.0 Å². The van der Waals surface area contributed by atoms with E-state index in [4.69, 9.17) is 9.52 Å². The standard InChI is InChI=1S/C11H13NO5/c1-6-8(2-3-17-6)10(14)12-5-7(13)4-9(12)11(15)16/h2-3,7,9,13H,4-5H2,1H3,(H,15,16)/t7-,9-/m0/s1. The zero-order valence-corrected chi connectivity index (χ0v) is 9.29. The number of aliphatic carboxylic acids is 1. The highest BCUT2D eigenvalue weighted by atomic mass is 16.4. The van der Waals surface area contributed by atoms with Crippen LogP contribution >= 0.6 is 0 Å². The number of carboxylic acids is 1. The minimum Gasteiger partial charge on any atom is -0.480 e. The van der Waals surface area contributed by atoms with Crippen molar-refractivity contribution in [2.75, 3.05) is 6.54 Å². The molecule has 2 rings (SSSR count). The van der Waals surface area contributed by atoms with E-state index in [1.54, 1.807) is 6.92 Å². The summed E-state index contributed by atoms with van der Waals surface area (Å²) >= 11 is 0. The van der Waals surface area contributed by atoms with Crippen molar-refractivity contribution in [1.29, 1.82) is 0 Å². The first-order chi connectivity index (χ1) is 8.00. The Bertz CT molecular complexity index is 452. The summed E-state index contributed by atoms with van der Waals surface area (Å²) in [5.41, 5.74) is 0.338. The number of likely N-dealkylation sites (tertiary alicyclic amines) is 1. The number of aliphatic hydroxyl groups is 1. The van der Waals surface area contributed by atoms with Crippen LogP contribution < -0.4 is 0 Å². The van der Waals surface area contributed by atoms with Crippen molar-refractivity contribution in [3.8, 4) is 0 Å². The van der Waals surface area contributed by atoms with Crippen LogP contribution in [-0.2, 0) is 4.79 Å².